The lowest BCUT2D eigenvalue weighted by Crippen LogP contribution is -2.14. The van der Waals surface area contributed by atoms with Gasteiger partial charge in [0.05, 0.1) is 6.54 Å². The lowest BCUT2D eigenvalue weighted by Gasteiger charge is -2.05. The predicted molar refractivity (Wildman–Crippen MR) is 96.0 cm³/mol. The maximum absolute atomic E-state index is 13.9. The minimum absolute atomic E-state index is 0.0320. The van der Waals surface area contributed by atoms with Crippen LogP contribution in [0.2, 0.25) is 15.1 Å². The summed E-state index contributed by atoms with van der Waals surface area (Å²) in [5.41, 5.74) is -0.201. The molecule has 1 aromatic carbocycles. The summed E-state index contributed by atoms with van der Waals surface area (Å²) in [7, 11) is 0. The Morgan fingerprint density at radius 2 is 2.07 bits per heavy atom. The fraction of sp³-hybridized carbons (Fsp3) is 0.0714. The van der Waals surface area contributed by atoms with E-state index in [9.17, 15) is 19.3 Å². The van der Waals surface area contributed by atoms with Gasteiger partial charge in [-0.1, -0.05) is 46.0 Å². The molecule has 0 spiro atoms. The summed E-state index contributed by atoms with van der Waals surface area (Å²) in [5.74, 6) is -2.06. The zero-order chi connectivity index (χ0) is 19.7. The van der Waals surface area contributed by atoms with Gasteiger partial charge >= 0.3 is 5.82 Å². The Balaban J connectivity index is 1.81. The molecule has 9 nitrogen and oxygen atoms in total. The molecule has 0 atom stereocenters. The van der Waals surface area contributed by atoms with Crippen molar-refractivity contribution < 1.29 is 14.1 Å². The van der Waals surface area contributed by atoms with Crippen LogP contribution in [0.25, 0.3) is 0 Å². The molecule has 140 valence electrons. The van der Waals surface area contributed by atoms with Gasteiger partial charge in [0, 0.05) is 16.8 Å². The molecule has 3 rings (SSSR count). The first-order valence-electron chi connectivity index (χ1n) is 7.13. The maximum Gasteiger partial charge on any atom is 0.362 e. The van der Waals surface area contributed by atoms with E-state index in [-0.39, 0.29) is 28.0 Å². The number of hydrogen-bond donors (Lipinski definition) is 2. The third-order valence-corrected chi connectivity index (χ3v) is 4.41. The SMILES string of the molecule is O=C(Nc1nn(Cc2c(F)cccc2Cl)cc1Cl)c1n[nH]c([N+](=O)[O-])c1Cl. The molecule has 2 N–H and O–H groups in total. The molecule has 0 saturated heterocycles. The van der Waals surface area contributed by atoms with Gasteiger partial charge < -0.3 is 15.4 Å². The van der Waals surface area contributed by atoms with E-state index in [0.717, 1.165) is 0 Å². The average molecular weight is 434 g/mol. The van der Waals surface area contributed by atoms with Crippen molar-refractivity contribution in [2.24, 2.45) is 0 Å². The predicted octanol–water partition coefficient (Wildman–Crippen LogP) is 3.91. The lowest BCUT2D eigenvalue weighted by molar-refractivity contribution is -0.389. The molecule has 1 amide bonds. The molecule has 0 aliphatic carbocycles. The van der Waals surface area contributed by atoms with E-state index in [1.165, 1.54) is 29.1 Å². The monoisotopic (exact) mass is 432 g/mol. The molecule has 2 aromatic heterocycles. The van der Waals surface area contributed by atoms with Crippen LogP contribution < -0.4 is 5.32 Å². The first-order valence-corrected chi connectivity index (χ1v) is 8.26. The number of halogens is 4. The second kappa shape index (κ2) is 7.51. The first-order chi connectivity index (χ1) is 12.8. The van der Waals surface area contributed by atoms with Crippen LogP contribution in [-0.2, 0) is 6.54 Å². The summed E-state index contributed by atoms with van der Waals surface area (Å²) in [5, 5.41) is 22.5. The highest BCUT2D eigenvalue weighted by molar-refractivity contribution is 6.36. The van der Waals surface area contributed by atoms with E-state index in [4.69, 9.17) is 34.8 Å². The maximum atomic E-state index is 13.9. The zero-order valence-electron chi connectivity index (χ0n) is 13.0. The minimum atomic E-state index is -0.861. The van der Waals surface area contributed by atoms with Crippen molar-refractivity contribution in [3.8, 4) is 0 Å². The standard InChI is InChI=1S/C14H8Cl3FN6O3/c15-7-2-1-3-9(18)6(7)4-23-5-8(16)12(22-23)19-14(25)11-10(17)13(21-20-11)24(26)27/h1-3,5H,4H2,(H,20,21)(H,19,22,25). The molecule has 0 aliphatic heterocycles. The van der Waals surface area contributed by atoms with Crippen LogP contribution in [0.4, 0.5) is 16.0 Å². The second-order valence-electron chi connectivity index (χ2n) is 5.17. The number of rotatable bonds is 5. The van der Waals surface area contributed by atoms with Crippen LogP contribution in [0.5, 0.6) is 0 Å². The number of H-pyrrole nitrogens is 1. The van der Waals surface area contributed by atoms with Gasteiger partial charge in [0.1, 0.15) is 10.8 Å². The molecule has 0 radical (unpaired) electrons. The van der Waals surface area contributed by atoms with Crippen molar-refractivity contribution >= 4 is 52.3 Å². The quantitative estimate of drug-likeness (QED) is 0.467. The molecule has 0 aliphatic rings. The van der Waals surface area contributed by atoms with Gasteiger partial charge in [0.15, 0.2) is 16.5 Å². The highest BCUT2D eigenvalue weighted by Crippen LogP contribution is 2.27. The summed E-state index contributed by atoms with van der Waals surface area (Å²) in [6.45, 7) is -0.0320. The minimum Gasteiger partial charge on any atom is -0.358 e. The number of nitro groups is 1. The Labute approximate surface area is 165 Å². The molecule has 0 fully saturated rings. The first kappa shape index (κ1) is 19.1. The summed E-state index contributed by atoms with van der Waals surface area (Å²) in [6.07, 6.45) is 1.36. The van der Waals surface area contributed by atoms with Crippen LogP contribution in [0.3, 0.4) is 0 Å². The molecular formula is C14H8Cl3FN6O3. The smallest absolute Gasteiger partial charge is 0.358 e. The van der Waals surface area contributed by atoms with Crippen molar-refractivity contribution in [3.63, 3.8) is 0 Å². The van der Waals surface area contributed by atoms with Crippen molar-refractivity contribution in [2.75, 3.05) is 5.32 Å². The molecule has 3 aromatic rings. The third-order valence-electron chi connectivity index (χ3n) is 3.42. The summed E-state index contributed by atoms with van der Waals surface area (Å²) >= 11 is 17.8. The van der Waals surface area contributed by atoms with Gasteiger partial charge in [-0.15, -0.1) is 5.10 Å². The van der Waals surface area contributed by atoms with E-state index in [1.807, 2.05) is 5.10 Å². The summed E-state index contributed by atoms with van der Waals surface area (Å²) in [6, 6.07) is 4.25. The average Bonchev–Trinajstić information content (AvgIpc) is 3.14. The Morgan fingerprint density at radius 1 is 1.33 bits per heavy atom. The summed E-state index contributed by atoms with van der Waals surface area (Å²) < 4.78 is 15.2. The second-order valence-corrected chi connectivity index (χ2v) is 6.36. The van der Waals surface area contributed by atoms with Crippen LogP contribution in [0.15, 0.2) is 24.4 Å². The van der Waals surface area contributed by atoms with Crippen molar-refractivity contribution in [3.05, 3.63) is 66.7 Å². The van der Waals surface area contributed by atoms with Crippen LogP contribution >= 0.6 is 34.8 Å². The zero-order valence-corrected chi connectivity index (χ0v) is 15.3. The van der Waals surface area contributed by atoms with Gasteiger partial charge in [0.2, 0.25) is 0 Å². The highest BCUT2D eigenvalue weighted by atomic mass is 35.5. The topological polar surface area (TPSA) is 119 Å². The molecule has 0 saturated carbocycles. The van der Waals surface area contributed by atoms with E-state index in [2.05, 4.69) is 15.5 Å². The van der Waals surface area contributed by atoms with Crippen LogP contribution in [0.1, 0.15) is 16.1 Å². The summed E-state index contributed by atoms with van der Waals surface area (Å²) in [4.78, 5) is 22.1. The number of carbonyl (C=O) groups excluding carboxylic acids is 1. The number of amides is 1. The van der Waals surface area contributed by atoms with Crippen LogP contribution in [-0.4, -0.2) is 30.8 Å². The molecule has 13 heteroatoms. The molecule has 0 bridgehead atoms. The van der Waals surface area contributed by atoms with E-state index >= 15 is 0 Å². The molecule has 27 heavy (non-hydrogen) atoms. The molecular weight excluding hydrogens is 426 g/mol. The van der Waals surface area contributed by atoms with Crippen molar-refractivity contribution in [1.29, 1.82) is 0 Å². The molecule has 2 heterocycles. The number of benzene rings is 1. The van der Waals surface area contributed by atoms with Gasteiger partial charge in [-0.3, -0.25) is 9.48 Å². The Bertz CT molecular complexity index is 1030. The number of hydrogen-bond acceptors (Lipinski definition) is 5. The van der Waals surface area contributed by atoms with Gasteiger partial charge in [-0.2, -0.15) is 5.10 Å². The fourth-order valence-corrected chi connectivity index (χ4v) is 2.83. The highest BCUT2D eigenvalue weighted by Gasteiger charge is 2.26. The fourth-order valence-electron chi connectivity index (χ4n) is 2.17. The number of nitrogens with one attached hydrogen (secondary N) is 2. The number of aromatic nitrogens is 4. The van der Waals surface area contributed by atoms with E-state index < -0.39 is 33.2 Å². The van der Waals surface area contributed by atoms with E-state index in [0.29, 0.717) is 0 Å². The lowest BCUT2D eigenvalue weighted by atomic mass is 10.2. The van der Waals surface area contributed by atoms with Crippen molar-refractivity contribution in [1.82, 2.24) is 20.0 Å². The Kier molecular flexibility index (Phi) is 5.31. The normalized spacial score (nSPS) is 10.8. The van der Waals surface area contributed by atoms with Gasteiger partial charge in [-0.25, -0.2) is 4.39 Å². The van der Waals surface area contributed by atoms with Crippen LogP contribution in [0, 0.1) is 15.9 Å². The number of aromatic amines is 1. The Hall–Kier alpha value is -2.69. The van der Waals surface area contributed by atoms with Gasteiger partial charge in [-0.05, 0) is 17.1 Å². The number of anilines is 1. The number of nitrogens with zero attached hydrogens (tertiary/aromatic N) is 4. The Morgan fingerprint density at radius 3 is 2.70 bits per heavy atom. The van der Waals surface area contributed by atoms with Gasteiger partial charge in [0.25, 0.3) is 5.91 Å². The third kappa shape index (κ3) is 3.87. The van der Waals surface area contributed by atoms with Crippen molar-refractivity contribution in [2.45, 2.75) is 6.54 Å². The molecule has 0 unspecified atom stereocenters. The largest absolute Gasteiger partial charge is 0.362 e. The number of carbonyl (C=O) groups is 1. The van der Waals surface area contributed by atoms with E-state index in [1.54, 1.807) is 0 Å².